The number of amides is 1. The summed E-state index contributed by atoms with van der Waals surface area (Å²) >= 11 is 0. The molecule has 7 nitrogen and oxygen atoms in total. The van der Waals surface area contributed by atoms with Gasteiger partial charge in [0.2, 0.25) is 0 Å². The summed E-state index contributed by atoms with van der Waals surface area (Å²) in [5.74, 6) is 1.02. The van der Waals surface area contributed by atoms with Crippen molar-refractivity contribution in [2.45, 2.75) is 12.2 Å². The van der Waals surface area contributed by atoms with Crippen LogP contribution in [0.25, 0.3) is 17.2 Å². The second-order valence-electron chi connectivity index (χ2n) is 6.65. The van der Waals surface area contributed by atoms with Crippen molar-refractivity contribution in [3.8, 4) is 0 Å². The molecule has 2 aromatic heterocycles. The Morgan fingerprint density at radius 1 is 1.17 bits per heavy atom. The molecule has 2 aliphatic rings. The van der Waals surface area contributed by atoms with Gasteiger partial charge in [-0.3, -0.25) is 9.78 Å². The van der Waals surface area contributed by atoms with Gasteiger partial charge in [-0.15, -0.1) is 0 Å². The molecule has 0 aromatic carbocycles. The van der Waals surface area contributed by atoms with Gasteiger partial charge >= 0.3 is 0 Å². The highest BCUT2D eigenvalue weighted by atomic mass is 16.6. The summed E-state index contributed by atoms with van der Waals surface area (Å²) in [6.45, 7) is 0. The third kappa shape index (κ3) is 3.57. The van der Waals surface area contributed by atoms with Crippen molar-refractivity contribution < 1.29 is 19.0 Å². The molecule has 0 saturated carbocycles. The molecule has 1 amide bonds. The quantitative estimate of drug-likeness (QED) is 0.789. The highest BCUT2D eigenvalue weighted by Crippen LogP contribution is 2.35. The third-order valence-corrected chi connectivity index (χ3v) is 4.97. The summed E-state index contributed by atoms with van der Waals surface area (Å²) in [4.78, 5) is 21.0. The van der Waals surface area contributed by atoms with Gasteiger partial charge in [0.25, 0.3) is 5.91 Å². The minimum Gasteiger partial charge on any atom is -0.498 e. The van der Waals surface area contributed by atoms with Gasteiger partial charge < -0.3 is 19.5 Å². The minimum atomic E-state index is -0.319. The van der Waals surface area contributed by atoms with Gasteiger partial charge in [-0.1, -0.05) is 6.07 Å². The molecule has 4 rings (SSSR count). The second-order valence-corrected chi connectivity index (χ2v) is 6.65. The molecule has 2 aromatic rings. The maximum Gasteiger partial charge on any atom is 0.257 e. The van der Waals surface area contributed by atoms with Crippen LogP contribution in [0.4, 0.5) is 5.82 Å². The molecular weight excluding hydrogens is 370 g/mol. The molecule has 2 atom stereocenters. The molecule has 1 aliphatic carbocycles. The van der Waals surface area contributed by atoms with Gasteiger partial charge in [0, 0.05) is 43.9 Å². The van der Waals surface area contributed by atoms with Crippen LogP contribution >= 0.6 is 0 Å². The van der Waals surface area contributed by atoms with Crippen LogP contribution in [0.3, 0.4) is 0 Å². The summed E-state index contributed by atoms with van der Waals surface area (Å²) < 4.78 is 16.6. The average molecular weight is 391 g/mol. The van der Waals surface area contributed by atoms with E-state index in [1.54, 1.807) is 39.9 Å². The van der Waals surface area contributed by atoms with Crippen molar-refractivity contribution in [2.75, 3.05) is 26.6 Å². The number of allylic oxidation sites excluding steroid dienone is 2. The van der Waals surface area contributed by atoms with Crippen molar-refractivity contribution in [1.29, 1.82) is 0 Å². The lowest BCUT2D eigenvalue weighted by Crippen LogP contribution is -2.33. The maximum atomic E-state index is 12.5. The largest absolute Gasteiger partial charge is 0.498 e. The number of hydrogen-bond acceptors (Lipinski definition) is 6. The molecule has 29 heavy (non-hydrogen) atoms. The monoisotopic (exact) mass is 391 g/mol. The zero-order valence-electron chi connectivity index (χ0n) is 16.4. The number of ether oxygens (including phenoxy) is 3. The van der Waals surface area contributed by atoms with Crippen molar-refractivity contribution in [3.05, 3.63) is 71.4 Å². The summed E-state index contributed by atoms with van der Waals surface area (Å²) in [6, 6.07) is 5.67. The van der Waals surface area contributed by atoms with Crippen molar-refractivity contribution >= 4 is 28.9 Å². The number of carbonyl (C=O) groups is 1. The zero-order valence-corrected chi connectivity index (χ0v) is 16.4. The summed E-state index contributed by atoms with van der Waals surface area (Å²) in [7, 11) is 4.85. The number of carbonyl (C=O) groups excluding carboxylic acids is 1. The smallest absolute Gasteiger partial charge is 0.257 e. The van der Waals surface area contributed by atoms with Crippen LogP contribution in [0.15, 0.2) is 54.7 Å². The molecule has 0 fully saturated rings. The van der Waals surface area contributed by atoms with Crippen LogP contribution in [0.1, 0.15) is 16.7 Å². The fraction of sp³-hybridized carbons (Fsp3) is 0.227. The van der Waals surface area contributed by atoms with Crippen LogP contribution in [-0.4, -0.2) is 49.4 Å². The number of nitrogens with zero attached hydrogens (tertiary/aromatic N) is 2. The van der Waals surface area contributed by atoms with E-state index in [1.165, 1.54) is 0 Å². The van der Waals surface area contributed by atoms with Crippen molar-refractivity contribution in [1.82, 2.24) is 9.97 Å². The van der Waals surface area contributed by atoms with Gasteiger partial charge in [-0.05, 0) is 41.5 Å². The highest BCUT2D eigenvalue weighted by Gasteiger charge is 2.30. The number of aromatic nitrogens is 2. The highest BCUT2D eigenvalue weighted by molar-refractivity contribution is 6.34. The lowest BCUT2D eigenvalue weighted by molar-refractivity contribution is -0.110. The molecule has 2 unspecified atom stereocenters. The van der Waals surface area contributed by atoms with E-state index < -0.39 is 0 Å². The van der Waals surface area contributed by atoms with E-state index in [1.807, 2.05) is 36.4 Å². The normalized spacial score (nSPS) is 22.0. The first-order chi connectivity index (χ1) is 14.1. The average Bonchev–Trinajstić information content (AvgIpc) is 3.07. The Bertz CT molecular complexity index is 1030. The fourth-order valence-electron chi connectivity index (χ4n) is 3.50. The number of pyridine rings is 2. The first-order valence-electron chi connectivity index (χ1n) is 9.11. The Morgan fingerprint density at radius 3 is 2.72 bits per heavy atom. The number of anilines is 1. The first kappa shape index (κ1) is 19.0. The van der Waals surface area contributed by atoms with Gasteiger partial charge in [-0.25, -0.2) is 4.98 Å². The first-order valence-corrected chi connectivity index (χ1v) is 9.11. The zero-order chi connectivity index (χ0) is 20.4. The molecule has 0 spiro atoms. The van der Waals surface area contributed by atoms with E-state index in [0.29, 0.717) is 17.2 Å². The van der Waals surface area contributed by atoms with E-state index >= 15 is 0 Å². The Labute approximate surface area is 168 Å². The third-order valence-electron chi connectivity index (χ3n) is 4.97. The molecule has 0 bridgehead atoms. The van der Waals surface area contributed by atoms with Crippen LogP contribution in [0.5, 0.6) is 0 Å². The lowest BCUT2D eigenvalue weighted by Gasteiger charge is -2.28. The van der Waals surface area contributed by atoms with E-state index in [0.717, 1.165) is 22.3 Å². The molecule has 7 heteroatoms. The minimum absolute atomic E-state index is 0.187. The summed E-state index contributed by atoms with van der Waals surface area (Å²) in [5.41, 5.74) is 3.87. The predicted molar refractivity (Wildman–Crippen MR) is 110 cm³/mol. The Balaban J connectivity index is 1.75. The molecule has 0 radical (unpaired) electrons. The standard InChI is InChI=1S/C22H21N3O4/c1-27-18-9-14(10-19(28-2)20(18)29-3)15-8-16-17(7-13-5-4-6-23-11-13)22(26)25-21(16)24-12-15/h4-12,18,20H,1-3H3,(H,24,25,26)/b17-7+. The van der Waals surface area contributed by atoms with Crippen LogP contribution in [0.2, 0.25) is 0 Å². The number of hydrogen-bond donors (Lipinski definition) is 1. The molecule has 148 valence electrons. The number of methoxy groups -OCH3 is 3. The van der Waals surface area contributed by atoms with Gasteiger partial charge in [-0.2, -0.15) is 0 Å². The molecule has 0 saturated heterocycles. The maximum absolute atomic E-state index is 12.5. The lowest BCUT2D eigenvalue weighted by atomic mass is 9.94. The van der Waals surface area contributed by atoms with Crippen LogP contribution in [0, 0.1) is 0 Å². The Kier molecular flexibility index (Phi) is 5.24. The van der Waals surface area contributed by atoms with Crippen LogP contribution in [-0.2, 0) is 19.0 Å². The number of fused-ring (bicyclic) bond motifs is 1. The molecular formula is C22H21N3O4. The second kappa shape index (κ2) is 7.98. The SMILES string of the molecule is COC1=CC(c2cnc3c(c2)/C(=C\c2cccnc2)C(=O)N3)=CC(OC)C1OC. The fourth-order valence-corrected chi connectivity index (χ4v) is 3.50. The number of rotatable bonds is 5. The Morgan fingerprint density at radius 2 is 2.03 bits per heavy atom. The summed E-state index contributed by atoms with van der Waals surface area (Å²) in [5, 5.41) is 2.81. The summed E-state index contributed by atoms with van der Waals surface area (Å²) in [6.07, 6.45) is 10.2. The van der Waals surface area contributed by atoms with E-state index in [-0.39, 0.29) is 18.1 Å². The predicted octanol–water partition coefficient (Wildman–Crippen LogP) is 2.93. The van der Waals surface area contributed by atoms with E-state index in [4.69, 9.17) is 14.2 Å². The molecule has 1 N–H and O–H groups in total. The van der Waals surface area contributed by atoms with Gasteiger partial charge in [0.1, 0.15) is 23.8 Å². The Hall–Kier alpha value is -3.29. The van der Waals surface area contributed by atoms with Crippen molar-refractivity contribution in [3.63, 3.8) is 0 Å². The molecule has 3 heterocycles. The van der Waals surface area contributed by atoms with Crippen molar-refractivity contribution in [2.24, 2.45) is 0 Å². The van der Waals surface area contributed by atoms with Gasteiger partial charge in [0.15, 0.2) is 0 Å². The van der Waals surface area contributed by atoms with Crippen LogP contribution < -0.4 is 5.32 Å². The molecule has 1 aliphatic heterocycles. The van der Waals surface area contributed by atoms with Gasteiger partial charge in [0.05, 0.1) is 12.7 Å². The van der Waals surface area contributed by atoms with E-state index in [2.05, 4.69) is 15.3 Å². The topological polar surface area (TPSA) is 82.6 Å². The van der Waals surface area contributed by atoms with E-state index in [9.17, 15) is 4.79 Å². The number of nitrogens with one attached hydrogen (secondary N) is 1.